The number of piperidine rings is 1. The molecule has 0 aromatic rings. The molecule has 2 aliphatic rings. The van der Waals surface area contributed by atoms with Gasteiger partial charge in [-0.15, -0.1) is 0 Å². The fourth-order valence-corrected chi connectivity index (χ4v) is 3.76. The number of primary amides is 1. The van der Waals surface area contributed by atoms with Crippen LogP contribution in [0.15, 0.2) is 0 Å². The molecule has 0 spiro atoms. The predicted molar refractivity (Wildman–Crippen MR) is 69.4 cm³/mol. The first-order valence-electron chi connectivity index (χ1n) is 7.25. The van der Waals surface area contributed by atoms with Gasteiger partial charge in [-0.25, -0.2) is 0 Å². The van der Waals surface area contributed by atoms with Crippen molar-refractivity contribution < 1.29 is 4.79 Å². The largest absolute Gasteiger partial charge is 0.369 e. The maximum Gasteiger partial charge on any atom is 0.222 e. The van der Waals surface area contributed by atoms with E-state index in [2.05, 4.69) is 12.2 Å². The van der Waals surface area contributed by atoms with Gasteiger partial charge in [0, 0.05) is 6.04 Å². The number of carbonyl (C=O) groups is 1. The molecule has 2 fully saturated rings. The number of hydrogen-bond donors (Lipinski definition) is 2. The highest BCUT2D eigenvalue weighted by atomic mass is 16.1. The van der Waals surface area contributed by atoms with Gasteiger partial charge in [0.2, 0.25) is 5.91 Å². The van der Waals surface area contributed by atoms with E-state index in [-0.39, 0.29) is 11.8 Å². The summed E-state index contributed by atoms with van der Waals surface area (Å²) in [7, 11) is 0. The Morgan fingerprint density at radius 2 is 2.12 bits per heavy atom. The number of amides is 1. The molecule has 3 nitrogen and oxygen atoms in total. The second-order valence-electron chi connectivity index (χ2n) is 5.83. The molecule has 98 valence electrons. The third kappa shape index (κ3) is 3.01. The van der Waals surface area contributed by atoms with E-state index >= 15 is 0 Å². The second kappa shape index (κ2) is 5.85. The zero-order chi connectivity index (χ0) is 12.3. The molecular weight excluding hydrogens is 212 g/mol. The molecule has 1 saturated heterocycles. The van der Waals surface area contributed by atoms with E-state index < -0.39 is 0 Å². The van der Waals surface area contributed by atoms with E-state index in [1.165, 1.54) is 32.1 Å². The topological polar surface area (TPSA) is 55.1 Å². The number of rotatable bonds is 3. The van der Waals surface area contributed by atoms with Crippen LogP contribution in [0, 0.1) is 17.8 Å². The Bertz CT molecular complexity index is 267. The van der Waals surface area contributed by atoms with Crippen LogP contribution in [0.5, 0.6) is 0 Å². The van der Waals surface area contributed by atoms with Crippen LogP contribution in [0.25, 0.3) is 0 Å². The molecule has 0 aromatic carbocycles. The van der Waals surface area contributed by atoms with Crippen molar-refractivity contribution in [3.8, 4) is 0 Å². The van der Waals surface area contributed by atoms with Crippen molar-refractivity contribution in [2.75, 3.05) is 6.54 Å². The highest BCUT2D eigenvalue weighted by Crippen LogP contribution is 2.36. The average molecular weight is 238 g/mol. The molecule has 0 bridgehead atoms. The lowest BCUT2D eigenvalue weighted by atomic mass is 9.71. The minimum atomic E-state index is -0.0965. The quantitative estimate of drug-likeness (QED) is 0.790. The summed E-state index contributed by atoms with van der Waals surface area (Å²) < 4.78 is 0. The minimum absolute atomic E-state index is 0.0735. The van der Waals surface area contributed by atoms with Crippen LogP contribution >= 0.6 is 0 Å². The summed E-state index contributed by atoms with van der Waals surface area (Å²) in [5, 5.41) is 3.56. The van der Waals surface area contributed by atoms with Gasteiger partial charge in [-0.05, 0) is 44.1 Å². The van der Waals surface area contributed by atoms with Crippen molar-refractivity contribution in [1.82, 2.24) is 5.32 Å². The maximum absolute atomic E-state index is 11.5. The summed E-state index contributed by atoms with van der Waals surface area (Å²) in [5.41, 5.74) is 5.55. The van der Waals surface area contributed by atoms with E-state index in [1.807, 2.05) is 0 Å². The monoisotopic (exact) mass is 238 g/mol. The molecule has 17 heavy (non-hydrogen) atoms. The fourth-order valence-electron chi connectivity index (χ4n) is 3.76. The lowest BCUT2D eigenvalue weighted by molar-refractivity contribution is -0.124. The van der Waals surface area contributed by atoms with Gasteiger partial charge in [0.1, 0.15) is 0 Å². The molecule has 1 amide bonds. The molecule has 0 aromatic heterocycles. The van der Waals surface area contributed by atoms with Gasteiger partial charge in [0.05, 0.1) is 5.92 Å². The number of carbonyl (C=O) groups excluding carboxylic acids is 1. The molecular formula is C14H26N2O. The van der Waals surface area contributed by atoms with E-state index in [0.29, 0.717) is 12.0 Å². The van der Waals surface area contributed by atoms with E-state index in [9.17, 15) is 4.79 Å². The summed E-state index contributed by atoms with van der Waals surface area (Å²) in [6, 6.07) is 0.357. The van der Waals surface area contributed by atoms with Gasteiger partial charge in [-0.2, -0.15) is 0 Å². The summed E-state index contributed by atoms with van der Waals surface area (Å²) in [5.74, 6) is 1.52. The van der Waals surface area contributed by atoms with E-state index in [4.69, 9.17) is 5.73 Å². The highest BCUT2D eigenvalue weighted by Gasteiger charge is 2.36. The normalized spacial score (nSPS) is 38.9. The summed E-state index contributed by atoms with van der Waals surface area (Å²) in [4.78, 5) is 11.5. The van der Waals surface area contributed by atoms with Crippen LogP contribution in [0.3, 0.4) is 0 Å². The van der Waals surface area contributed by atoms with Gasteiger partial charge in [-0.3, -0.25) is 4.79 Å². The molecule has 3 heteroatoms. The van der Waals surface area contributed by atoms with Gasteiger partial charge < -0.3 is 11.1 Å². The van der Waals surface area contributed by atoms with Gasteiger partial charge >= 0.3 is 0 Å². The van der Waals surface area contributed by atoms with Gasteiger partial charge in [0.15, 0.2) is 0 Å². The Labute approximate surface area is 105 Å². The molecule has 2 rings (SSSR count). The van der Waals surface area contributed by atoms with Crippen molar-refractivity contribution in [3.05, 3.63) is 0 Å². The third-order valence-electron chi connectivity index (χ3n) is 4.78. The first-order chi connectivity index (χ1) is 8.22. The van der Waals surface area contributed by atoms with Crippen LogP contribution in [-0.4, -0.2) is 18.5 Å². The minimum Gasteiger partial charge on any atom is -0.369 e. The molecule has 1 saturated carbocycles. The van der Waals surface area contributed by atoms with Crippen molar-refractivity contribution in [3.63, 3.8) is 0 Å². The molecule has 1 aliphatic heterocycles. The van der Waals surface area contributed by atoms with Crippen LogP contribution < -0.4 is 11.1 Å². The van der Waals surface area contributed by atoms with Crippen LogP contribution in [0.1, 0.15) is 51.9 Å². The number of nitrogens with two attached hydrogens (primary N) is 1. The number of hydrogen-bond acceptors (Lipinski definition) is 2. The average Bonchev–Trinajstić information content (AvgIpc) is 2.39. The first kappa shape index (κ1) is 12.9. The maximum atomic E-state index is 11.5. The summed E-state index contributed by atoms with van der Waals surface area (Å²) >= 11 is 0. The summed E-state index contributed by atoms with van der Waals surface area (Å²) in [6.07, 6.45) is 8.63. The molecule has 3 N–H and O–H groups in total. The third-order valence-corrected chi connectivity index (χ3v) is 4.78. The number of nitrogens with one attached hydrogen (secondary N) is 1. The van der Waals surface area contributed by atoms with E-state index in [0.717, 1.165) is 25.3 Å². The molecule has 4 atom stereocenters. The van der Waals surface area contributed by atoms with E-state index in [1.54, 1.807) is 0 Å². The Kier molecular flexibility index (Phi) is 4.43. The van der Waals surface area contributed by atoms with Gasteiger partial charge in [-0.1, -0.05) is 26.2 Å². The standard InChI is InChI=1S/C14H26N2O/c1-2-10-5-3-6-11(9-10)13-12(14(15)17)7-4-8-16-13/h10-13,16H,2-9H2,1H3,(H2,15,17). The highest BCUT2D eigenvalue weighted by molar-refractivity contribution is 5.77. The smallest absolute Gasteiger partial charge is 0.222 e. The van der Waals surface area contributed by atoms with Crippen molar-refractivity contribution >= 4 is 5.91 Å². The van der Waals surface area contributed by atoms with Crippen LogP contribution in [0.2, 0.25) is 0 Å². The molecule has 0 radical (unpaired) electrons. The van der Waals surface area contributed by atoms with Crippen molar-refractivity contribution in [2.45, 2.75) is 57.9 Å². The molecule has 1 heterocycles. The predicted octanol–water partition coefficient (Wildman–Crippen LogP) is 2.06. The zero-order valence-corrected chi connectivity index (χ0v) is 11.0. The SMILES string of the molecule is CCC1CCCC(C2NCCCC2C(N)=O)C1. The fraction of sp³-hybridized carbons (Fsp3) is 0.929. The first-order valence-corrected chi connectivity index (χ1v) is 7.25. The van der Waals surface area contributed by atoms with Crippen molar-refractivity contribution in [1.29, 1.82) is 0 Å². The Morgan fingerprint density at radius 1 is 1.29 bits per heavy atom. The second-order valence-corrected chi connectivity index (χ2v) is 5.83. The Balaban J connectivity index is 2.00. The van der Waals surface area contributed by atoms with Crippen LogP contribution in [-0.2, 0) is 4.79 Å². The lowest BCUT2D eigenvalue weighted by Gasteiger charge is -2.40. The van der Waals surface area contributed by atoms with Gasteiger partial charge in [0.25, 0.3) is 0 Å². The summed E-state index contributed by atoms with van der Waals surface area (Å²) in [6.45, 7) is 3.34. The van der Waals surface area contributed by atoms with Crippen molar-refractivity contribution in [2.24, 2.45) is 23.5 Å². The molecule has 1 aliphatic carbocycles. The molecule has 4 unspecified atom stereocenters. The van der Waals surface area contributed by atoms with Crippen LogP contribution in [0.4, 0.5) is 0 Å². The Hall–Kier alpha value is -0.570. The zero-order valence-electron chi connectivity index (χ0n) is 11.0. The lowest BCUT2D eigenvalue weighted by Crippen LogP contribution is -2.51. The Morgan fingerprint density at radius 3 is 2.82 bits per heavy atom.